The summed E-state index contributed by atoms with van der Waals surface area (Å²) >= 11 is 0. The van der Waals surface area contributed by atoms with E-state index < -0.39 is 0 Å². The van der Waals surface area contributed by atoms with Crippen molar-refractivity contribution in [3.8, 4) is 17.6 Å². The highest BCUT2D eigenvalue weighted by Crippen LogP contribution is 2.28. The van der Waals surface area contributed by atoms with Gasteiger partial charge < -0.3 is 15.2 Å². The summed E-state index contributed by atoms with van der Waals surface area (Å²) < 4.78 is 5.36. The van der Waals surface area contributed by atoms with E-state index in [0.717, 1.165) is 24.8 Å². The lowest BCUT2D eigenvalue weighted by atomic mass is 10.1. The van der Waals surface area contributed by atoms with E-state index >= 15 is 0 Å². The third kappa shape index (κ3) is 3.39. The van der Waals surface area contributed by atoms with Crippen molar-refractivity contribution < 1.29 is 9.84 Å². The minimum absolute atomic E-state index is 0.128. The molecule has 0 aromatic heterocycles. The second kappa shape index (κ2) is 6.44. The molecule has 2 atom stereocenters. The molecule has 1 aromatic carbocycles. The molecular weight excluding hydrogens is 240 g/mol. The van der Waals surface area contributed by atoms with Crippen molar-refractivity contribution in [2.75, 3.05) is 6.61 Å². The van der Waals surface area contributed by atoms with Gasteiger partial charge in [0.1, 0.15) is 0 Å². The highest BCUT2D eigenvalue weighted by atomic mass is 16.5. The minimum Gasteiger partial charge on any atom is -0.504 e. The quantitative estimate of drug-likeness (QED) is 0.854. The predicted octanol–water partition coefficient (Wildman–Crippen LogP) is 2.57. The molecule has 19 heavy (non-hydrogen) atoms. The SMILES string of the molecule is CCOc1cc(CNC2CCCC2C#N)ccc1O. The molecule has 0 spiro atoms. The van der Waals surface area contributed by atoms with Crippen LogP contribution >= 0.6 is 0 Å². The normalized spacial score (nSPS) is 22.1. The second-order valence-electron chi connectivity index (χ2n) is 4.89. The van der Waals surface area contributed by atoms with Gasteiger partial charge in [-0.1, -0.05) is 12.5 Å². The molecule has 4 nitrogen and oxygen atoms in total. The van der Waals surface area contributed by atoms with Gasteiger partial charge in [-0.2, -0.15) is 5.26 Å². The maximum atomic E-state index is 9.64. The van der Waals surface area contributed by atoms with Gasteiger partial charge in [-0.3, -0.25) is 0 Å². The Morgan fingerprint density at radius 2 is 2.32 bits per heavy atom. The van der Waals surface area contributed by atoms with Crippen molar-refractivity contribution in [2.24, 2.45) is 5.92 Å². The number of nitriles is 1. The van der Waals surface area contributed by atoms with E-state index in [9.17, 15) is 5.11 Å². The molecule has 4 heteroatoms. The van der Waals surface area contributed by atoms with Gasteiger partial charge in [0.05, 0.1) is 18.6 Å². The number of phenols is 1. The van der Waals surface area contributed by atoms with E-state index in [-0.39, 0.29) is 17.7 Å². The fraction of sp³-hybridized carbons (Fsp3) is 0.533. The Morgan fingerprint density at radius 1 is 1.47 bits per heavy atom. The first-order valence-electron chi connectivity index (χ1n) is 6.82. The Labute approximate surface area is 114 Å². The summed E-state index contributed by atoms with van der Waals surface area (Å²) in [6, 6.07) is 8.03. The first-order valence-corrected chi connectivity index (χ1v) is 6.82. The van der Waals surface area contributed by atoms with Crippen LogP contribution in [0.15, 0.2) is 18.2 Å². The maximum Gasteiger partial charge on any atom is 0.161 e. The van der Waals surface area contributed by atoms with E-state index in [2.05, 4.69) is 11.4 Å². The fourth-order valence-corrected chi connectivity index (χ4v) is 2.55. The van der Waals surface area contributed by atoms with E-state index in [4.69, 9.17) is 10.00 Å². The first kappa shape index (κ1) is 13.7. The standard InChI is InChI=1S/C15H20N2O2/c1-2-19-15-8-11(6-7-14(15)18)10-17-13-5-3-4-12(13)9-16/h6-8,12-13,17-18H,2-5,10H2,1H3. The molecule has 1 fully saturated rings. The van der Waals surface area contributed by atoms with Gasteiger partial charge >= 0.3 is 0 Å². The van der Waals surface area contributed by atoms with Crippen molar-refractivity contribution in [1.29, 1.82) is 5.26 Å². The Morgan fingerprint density at radius 3 is 3.05 bits per heavy atom. The van der Waals surface area contributed by atoms with Gasteiger partial charge in [0.15, 0.2) is 11.5 Å². The molecule has 0 radical (unpaired) electrons. The van der Waals surface area contributed by atoms with E-state index in [1.54, 1.807) is 6.07 Å². The summed E-state index contributed by atoms with van der Waals surface area (Å²) in [6.45, 7) is 3.12. The topological polar surface area (TPSA) is 65.3 Å². The van der Waals surface area contributed by atoms with Gasteiger partial charge in [-0.05, 0) is 37.5 Å². The van der Waals surface area contributed by atoms with Crippen molar-refractivity contribution >= 4 is 0 Å². The molecule has 0 aliphatic heterocycles. The van der Waals surface area contributed by atoms with Gasteiger partial charge in [-0.15, -0.1) is 0 Å². The van der Waals surface area contributed by atoms with Gasteiger partial charge in [-0.25, -0.2) is 0 Å². The van der Waals surface area contributed by atoms with E-state index in [0.29, 0.717) is 18.9 Å². The number of hydrogen-bond donors (Lipinski definition) is 2. The lowest BCUT2D eigenvalue weighted by Gasteiger charge is -2.16. The Hall–Kier alpha value is -1.73. The molecule has 0 bridgehead atoms. The minimum atomic E-state index is 0.128. The lowest BCUT2D eigenvalue weighted by Crippen LogP contribution is -2.31. The van der Waals surface area contributed by atoms with Crippen molar-refractivity contribution in [2.45, 2.75) is 38.8 Å². The molecule has 1 aromatic rings. The number of nitrogens with one attached hydrogen (secondary N) is 1. The predicted molar refractivity (Wildman–Crippen MR) is 72.9 cm³/mol. The maximum absolute atomic E-state index is 9.64. The van der Waals surface area contributed by atoms with Crippen LogP contribution in [0, 0.1) is 17.2 Å². The number of rotatable bonds is 5. The average Bonchev–Trinajstić information content (AvgIpc) is 2.87. The number of hydrogen-bond acceptors (Lipinski definition) is 4. The molecule has 0 saturated heterocycles. The highest BCUT2D eigenvalue weighted by molar-refractivity contribution is 5.41. The van der Waals surface area contributed by atoms with Crippen LogP contribution in [0.25, 0.3) is 0 Å². The number of aromatic hydroxyl groups is 1. The molecular formula is C15H20N2O2. The molecule has 2 rings (SSSR count). The number of ether oxygens (including phenoxy) is 1. The Balaban J connectivity index is 1.96. The number of phenolic OH excluding ortho intramolecular Hbond substituents is 1. The van der Waals surface area contributed by atoms with Crippen LogP contribution < -0.4 is 10.1 Å². The summed E-state index contributed by atoms with van der Waals surface area (Å²) in [6.07, 6.45) is 3.18. The molecule has 0 amide bonds. The van der Waals surface area contributed by atoms with Crippen LogP contribution in [-0.2, 0) is 6.54 Å². The van der Waals surface area contributed by atoms with Gasteiger partial charge in [0.2, 0.25) is 0 Å². The molecule has 0 heterocycles. The molecule has 1 saturated carbocycles. The molecule has 2 unspecified atom stereocenters. The summed E-state index contributed by atoms with van der Waals surface area (Å²) in [5, 5.41) is 22.1. The van der Waals surface area contributed by atoms with Crippen LogP contribution in [-0.4, -0.2) is 17.8 Å². The van der Waals surface area contributed by atoms with Crippen molar-refractivity contribution in [1.82, 2.24) is 5.32 Å². The van der Waals surface area contributed by atoms with Gasteiger partial charge in [0.25, 0.3) is 0 Å². The van der Waals surface area contributed by atoms with Crippen LogP contribution in [0.4, 0.5) is 0 Å². The third-order valence-electron chi connectivity index (χ3n) is 3.57. The Kier molecular flexibility index (Phi) is 4.64. The molecule has 2 N–H and O–H groups in total. The second-order valence-corrected chi connectivity index (χ2v) is 4.89. The van der Waals surface area contributed by atoms with Crippen molar-refractivity contribution in [3.05, 3.63) is 23.8 Å². The van der Waals surface area contributed by atoms with Crippen molar-refractivity contribution in [3.63, 3.8) is 0 Å². The van der Waals surface area contributed by atoms with Crippen LogP contribution in [0.1, 0.15) is 31.7 Å². The summed E-state index contributed by atoms with van der Waals surface area (Å²) in [5.74, 6) is 0.815. The molecule has 1 aliphatic rings. The zero-order valence-electron chi connectivity index (χ0n) is 11.2. The number of nitrogens with zero attached hydrogens (tertiary/aromatic N) is 1. The van der Waals surface area contributed by atoms with E-state index in [1.165, 1.54) is 0 Å². The van der Waals surface area contributed by atoms with Gasteiger partial charge in [0, 0.05) is 12.6 Å². The van der Waals surface area contributed by atoms with Crippen LogP contribution in [0.5, 0.6) is 11.5 Å². The zero-order valence-corrected chi connectivity index (χ0v) is 11.2. The smallest absolute Gasteiger partial charge is 0.161 e. The third-order valence-corrected chi connectivity index (χ3v) is 3.57. The monoisotopic (exact) mass is 260 g/mol. The highest BCUT2D eigenvalue weighted by Gasteiger charge is 2.26. The zero-order chi connectivity index (χ0) is 13.7. The lowest BCUT2D eigenvalue weighted by molar-refractivity contribution is 0.317. The average molecular weight is 260 g/mol. The summed E-state index contributed by atoms with van der Waals surface area (Å²) in [7, 11) is 0. The van der Waals surface area contributed by atoms with Crippen LogP contribution in [0.2, 0.25) is 0 Å². The summed E-state index contributed by atoms with van der Waals surface area (Å²) in [5.41, 5.74) is 1.06. The number of benzene rings is 1. The fourth-order valence-electron chi connectivity index (χ4n) is 2.55. The largest absolute Gasteiger partial charge is 0.504 e. The molecule has 1 aliphatic carbocycles. The Bertz CT molecular complexity index is 468. The first-order chi connectivity index (χ1) is 9.24. The summed E-state index contributed by atoms with van der Waals surface area (Å²) in [4.78, 5) is 0. The van der Waals surface area contributed by atoms with Crippen LogP contribution in [0.3, 0.4) is 0 Å². The van der Waals surface area contributed by atoms with E-state index in [1.807, 2.05) is 19.1 Å². The molecule has 102 valence electrons.